The predicted molar refractivity (Wildman–Crippen MR) is 181 cm³/mol. The van der Waals surface area contributed by atoms with Crippen molar-refractivity contribution >= 4 is 27.8 Å². The van der Waals surface area contributed by atoms with E-state index in [9.17, 15) is 0 Å². The van der Waals surface area contributed by atoms with Crippen LogP contribution in [-0.4, -0.2) is 0 Å². The zero-order chi connectivity index (χ0) is 29.2. The first kappa shape index (κ1) is 24.9. The van der Waals surface area contributed by atoms with E-state index in [0.717, 1.165) is 0 Å². The van der Waals surface area contributed by atoms with Crippen molar-refractivity contribution in [1.29, 1.82) is 0 Å². The van der Waals surface area contributed by atoms with Crippen molar-refractivity contribution in [3.8, 4) is 22.3 Å². The van der Waals surface area contributed by atoms with Gasteiger partial charge < -0.3 is 4.90 Å². The molecule has 1 heteroatoms. The number of hydrogen-bond acceptors (Lipinski definition) is 1. The van der Waals surface area contributed by atoms with Crippen LogP contribution in [-0.2, 0) is 10.8 Å². The molecule has 1 heterocycles. The lowest BCUT2D eigenvalue weighted by Crippen LogP contribution is -2.22. The molecule has 3 aliphatic rings. The number of hydrogen-bond donors (Lipinski definition) is 0. The van der Waals surface area contributed by atoms with E-state index in [4.69, 9.17) is 0 Å². The van der Waals surface area contributed by atoms with Gasteiger partial charge in [0.2, 0.25) is 0 Å². The van der Waals surface area contributed by atoms with E-state index in [1.807, 2.05) is 0 Å². The Morgan fingerprint density at radius 1 is 0.465 bits per heavy atom. The highest BCUT2D eigenvalue weighted by molar-refractivity contribution is 6.11. The van der Waals surface area contributed by atoms with Crippen molar-refractivity contribution in [3.63, 3.8) is 0 Å². The zero-order valence-electron chi connectivity index (χ0n) is 25.5. The minimum atomic E-state index is -0.137. The number of benzene rings is 6. The lowest BCUT2D eigenvalue weighted by atomic mass is 9.79. The maximum absolute atomic E-state index is 2.54. The molecule has 0 fully saturated rings. The summed E-state index contributed by atoms with van der Waals surface area (Å²) in [7, 11) is 0. The van der Waals surface area contributed by atoms with Gasteiger partial charge in [0.05, 0.1) is 5.69 Å². The monoisotopic (exact) mass is 553 g/mol. The Balaban J connectivity index is 1.35. The molecule has 9 rings (SSSR count). The highest BCUT2D eigenvalue weighted by Gasteiger charge is 2.43. The van der Waals surface area contributed by atoms with Crippen molar-refractivity contribution < 1.29 is 0 Å². The summed E-state index contributed by atoms with van der Waals surface area (Å²) in [4.78, 5) is 2.53. The van der Waals surface area contributed by atoms with Crippen LogP contribution in [0.1, 0.15) is 73.9 Å². The van der Waals surface area contributed by atoms with E-state index in [0.29, 0.717) is 5.92 Å². The normalized spacial score (nSPS) is 16.7. The second-order valence-corrected chi connectivity index (χ2v) is 13.8. The molecule has 6 aromatic rings. The topological polar surface area (TPSA) is 3.24 Å². The fraction of sp³-hybridized carbons (Fsp3) is 0.190. The first-order valence-corrected chi connectivity index (χ1v) is 15.6. The quantitative estimate of drug-likeness (QED) is 0.196. The standard InChI is InChI=1S/C42H35N/c1-25-26-14-9-12-20-37(26)43(38-21-13-10-15-27(25)38)39-24-36-40(30-18-7-6-17-29(30)39)32-23-34-31(22-35(32)42(36,4)5)28-16-8-11-19-33(28)41(34,2)3/h6-25H,1-5H3. The molecule has 43 heavy (non-hydrogen) atoms. The fourth-order valence-corrected chi connectivity index (χ4v) is 8.61. The minimum Gasteiger partial charge on any atom is -0.309 e. The molecule has 0 atom stereocenters. The molecular formula is C42H35N. The molecule has 0 unspecified atom stereocenters. The van der Waals surface area contributed by atoms with Gasteiger partial charge in [-0.05, 0) is 91.4 Å². The van der Waals surface area contributed by atoms with Crippen molar-refractivity contribution in [2.45, 2.75) is 51.4 Å². The van der Waals surface area contributed by atoms with Gasteiger partial charge in [-0.15, -0.1) is 0 Å². The first-order chi connectivity index (χ1) is 20.8. The Bertz CT molecular complexity index is 2110. The first-order valence-electron chi connectivity index (χ1n) is 15.6. The average molecular weight is 554 g/mol. The fourth-order valence-electron chi connectivity index (χ4n) is 8.61. The highest BCUT2D eigenvalue weighted by atomic mass is 15.2. The SMILES string of the molecule is CC1c2ccccc2N(c2cc3c(c4ccccc24)-c2cc4c(cc2C3(C)C)-c2ccccc2C4(C)C)c2ccccc21. The Morgan fingerprint density at radius 2 is 1.00 bits per heavy atom. The van der Waals surface area contributed by atoms with Gasteiger partial charge in [0.25, 0.3) is 0 Å². The van der Waals surface area contributed by atoms with Crippen LogP contribution < -0.4 is 4.90 Å². The number of rotatable bonds is 1. The van der Waals surface area contributed by atoms with Crippen LogP contribution >= 0.6 is 0 Å². The summed E-state index contributed by atoms with van der Waals surface area (Å²) in [6.45, 7) is 12.0. The molecule has 0 amide bonds. The summed E-state index contributed by atoms with van der Waals surface area (Å²) >= 11 is 0. The van der Waals surface area contributed by atoms with E-state index in [-0.39, 0.29) is 10.8 Å². The predicted octanol–water partition coefficient (Wildman–Crippen LogP) is 11.4. The molecule has 1 aliphatic heterocycles. The second kappa shape index (κ2) is 8.26. The molecule has 6 aromatic carbocycles. The molecular weight excluding hydrogens is 518 g/mol. The Morgan fingerprint density at radius 3 is 1.72 bits per heavy atom. The third-order valence-electron chi connectivity index (χ3n) is 10.9. The van der Waals surface area contributed by atoms with E-state index < -0.39 is 0 Å². The third-order valence-corrected chi connectivity index (χ3v) is 10.9. The Hall–Kier alpha value is -4.62. The second-order valence-electron chi connectivity index (χ2n) is 13.8. The van der Waals surface area contributed by atoms with Gasteiger partial charge in [-0.2, -0.15) is 0 Å². The molecule has 0 bridgehead atoms. The van der Waals surface area contributed by atoms with Gasteiger partial charge in [0, 0.05) is 33.5 Å². The van der Waals surface area contributed by atoms with Gasteiger partial charge in [-0.1, -0.05) is 120 Å². The number of nitrogens with zero attached hydrogens (tertiary/aromatic N) is 1. The molecule has 0 spiro atoms. The van der Waals surface area contributed by atoms with Crippen LogP contribution in [0.3, 0.4) is 0 Å². The Kier molecular flexibility index (Phi) is 4.79. The number of para-hydroxylation sites is 2. The van der Waals surface area contributed by atoms with Gasteiger partial charge in [-0.3, -0.25) is 0 Å². The van der Waals surface area contributed by atoms with Crippen molar-refractivity contribution in [3.05, 3.63) is 149 Å². The molecule has 0 radical (unpaired) electrons. The molecule has 0 saturated carbocycles. The smallest absolute Gasteiger partial charge is 0.0543 e. The minimum absolute atomic E-state index is 0.0263. The number of anilines is 3. The van der Waals surface area contributed by atoms with E-state index in [1.54, 1.807) is 0 Å². The maximum Gasteiger partial charge on any atom is 0.0543 e. The van der Waals surface area contributed by atoms with Gasteiger partial charge in [0.1, 0.15) is 0 Å². The summed E-state index contributed by atoms with van der Waals surface area (Å²) in [5, 5.41) is 2.63. The summed E-state index contributed by atoms with van der Waals surface area (Å²) in [5.41, 5.74) is 17.7. The summed E-state index contributed by atoms with van der Waals surface area (Å²) < 4.78 is 0. The van der Waals surface area contributed by atoms with Crippen LogP contribution in [0.2, 0.25) is 0 Å². The number of fused-ring (bicyclic) bond motifs is 10. The molecule has 208 valence electrons. The maximum atomic E-state index is 2.54. The van der Waals surface area contributed by atoms with Crippen molar-refractivity contribution in [2.75, 3.05) is 4.90 Å². The lowest BCUT2D eigenvalue weighted by molar-refractivity contribution is 0.652. The van der Waals surface area contributed by atoms with Crippen molar-refractivity contribution in [1.82, 2.24) is 0 Å². The van der Waals surface area contributed by atoms with Crippen LogP contribution in [0.15, 0.2) is 115 Å². The largest absolute Gasteiger partial charge is 0.309 e. The van der Waals surface area contributed by atoms with Crippen LogP contribution in [0.4, 0.5) is 17.1 Å². The Labute approximate surface area is 254 Å². The molecule has 0 aromatic heterocycles. The van der Waals surface area contributed by atoms with E-state index in [2.05, 4.69) is 155 Å². The van der Waals surface area contributed by atoms with Crippen molar-refractivity contribution in [2.24, 2.45) is 0 Å². The van der Waals surface area contributed by atoms with Gasteiger partial charge in [-0.25, -0.2) is 0 Å². The van der Waals surface area contributed by atoms with E-state index >= 15 is 0 Å². The van der Waals surface area contributed by atoms with Gasteiger partial charge >= 0.3 is 0 Å². The summed E-state index contributed by atoms with van der Waals surface area (Å²) in [6, 6.07) is 43.6. The van der Waals surface area contributed by atoms with Crippen LogP contribution in [0.25, 0.3) is 33.0 Å². The third kappa shape index (κ3) is 3.07. The van der Waals surface area contributed by atoms with Crippen LogP contribution in [0.5, 0.6) is 0 Å². The zero-order valence-corrected chi connectivity index (χ0v) is 25.5. The highest BCUT2D eigenvalue weighted by Crippen LogP contribution is 2.59. The molecule has 0 N–H and O–H groups in total. The van der Waals surface area contributed by atoms with E-state index in [1.165, 1.54) is 83.5 Å². The average Bonchev–Trinajstić information content (AvgIpc) is 3.39. The molecule has 1 nitrogen and oxygen atoms in total. The van der Waals surface area contributed by atoms with Crippen LogP contribution in [0, 0.1) is 0 Å². The summed E-state index contributed by atoms with van der Waals surface area (Å²) in [5.74, 6) is 0.346. The van der Waals surface area contributed by atoms with Gasteiger partial charge in [0.15, 0.2) is 0 Å². The molecule has 0 saturated heterocycles. The lowest BCUT2D eigenvalue weighted by Gasteiger charge is -2.38. The molecule has 2 aliphatic carbocycles. The summed E-state index contributed by atoms with van der Waals surface area (Å²) in [6.07, 6.45) is 0.